The average Bonchev–Trinajstić information content (AvgIpc) is 2.24. The Hall–Kier alpha value is -1.26. The number of aliphatic carboxylic acids is 1. The fourth-order valence-corrected chi connectivity index (χ4v) is 1.54. The number of rotatable bonds is 8. The number of unbranched alkanes of at least 4 members (excludes halogenated alkanes) is 1. The third-order valence-electron chi connectivity index (χ3n) is 2.62. The van der Waals surface area contributed by atoms with E-state index in [0.717, 1.165) is 19.3 Å². The van der Waals surface area contributed by atoms with Crippen LogP contribution in [0.3, 0.4) is 0 Å². The van der Waals surface area contributed by atoms with Gasteiger partial charge in [0.1, 0.15) is 0 Å². The second-order valence-electron chi connectivity index (χ2n) is 4.36. The summed E-state index contributed by atoms with van der Waals surface area (Å²) < 4.78 is 0. The highest BCUT2D eigenvalue weighted by atomic mass is 16.4. The first-order valence-electron chi connectivity index (χ1n) is 6.28. The summed E-state index contributed by atoms with van der Waals surface area (Å²) in [5, 5.41) is 14.1. The first-order valence-corrected chi connectivity index (χ1v) is 6.28. The molecule has 5 heteroatoms. The molecule has 0 saturated heterocycles. The molecular formula is C12H24N2O3. The van der Waals surface area contributed by atoms with Gasteiger partial charge in [-0.05, 0) is 19.8 Å². The SMILES string of the molecule is CCCCC(C)NC(=O)NC(CC)CC(=O)O. The van der Waals surface area contributed by atoms with Crippen molar-refractivity contribution in [3.05, 3.63) is 0 Å². The fraction of sp³-hybridized carbons (Fsp3) is 0.833. The van der Waals surface area contributed by atoms with Crippen molar-refractivity contribution in [3.8, 4) is 0 Å². The Morgan fingerprint density at radius 3 is 2.35 bits per heavy atom. The van der Waals surface area contributed by atoms with Crippen molar-refractivity contribution >= 4 is 12.0 Å². The Kier molecular flexibility index (Phi) is 8.19. The predicted molar refractivity (Wildman–Crippen MR) is 67.0 cm³/mol. The van der Waals surface area contributed by atoms with Crippen LogP contribution in [0.1, 0.15) is 52.9 Å². The molecule has 0 radical (unpaired) electrons. The highest BCUT2D eigenvalue weighted by Crippen LogP contribution is 2.00. The Labute approximate surface area is 103 Å². The maximum Gasteiger partial charge on any atom is 0.315 e. The van der Waals surface area contributed by atoms with Crippen LogP contribution in [0.15, 0.2) is 0 Å². The molecular weight excluding hydrogens is 220 g/mol. The van der Waals surface area contributed by atoms with E-state index in [2.05, 4.69) is 17.6 Å². The van der Waals surface area contributed by atoms with Crippen LogP contribution < -0.4 is 10.6 Å². The summed E-state index contributed by atoms with van der Waals surface area (Å²) >= 11 is 0. The zero-order valence-corrected chi connectivity index (χ0v) is 11.0. The van der Waals surface area contributed by atoms with Crippen LogP contribution in [0, 0.1) is 0 Å². The molecule has 2 amide bonds. The monoisotopic (exact) mass is 244 g/mol. The minimum Gasteiger partial charge on any atom is -0.481 e. The summed E-state index contributed by atoms with van der Waals surface area (Å²) in [7, 11) is 0. The number of nitrogens with one attached hydrogen (secondary N) is 2. The van der Waals surface area contributed by atoms with Gasteiger partial charge in [0.2, 0.25) is 0 Å². The van der Waals surface area contributed by atoms with Crippen LogP contribution in [-0.2, 0) is 4.79 Å². The first kappa shape index (κ1) is 15.7. The number of carboxylic acid groups (broad SMARTS) is 1. The van der Waals surface area contributed by atoms with E-state index in [0.29, 0.717) is 6.42 Å². The maximum absolute atomic E-state index is 11.6. The molecule has 17 heavy (non-hydrogen) atoms. The molecule has 0 aromatic rings. The second-order valence-corrected chi connectivity index (χ2v) is 4.36. The molecule has 0 saturated carbocycles. The molecule has 3 N–H and O–H groups in total. The molecule has 0 aromatic heterocycles. The molecule has 0 aliphatic heterocycles. The van der Waals surface area contributed by atoms with E-state index in [1.807, 2.05) is 13.8 Å². The molecule has 0 aromatic carbocycles. The first-order chi connectivity index (χ1) is 7.99. The summed E-state index contributed by atoms with van der Waals surface area (Å²) in [6.07, 6.45) is 3.70. The topological polar surface area (TPSA) is 78.4 Å². The molecule has 0 aliphatic rings. The van der Waals surface area contributed by atoms with Gasteiger partial charge in [-0.2, -0.15) is 0 Å². The molecule has 0 spiro atoms. The van der Waals surface area contributed by atoms with E-state index >= 15 is 0 Å². The number of carbonyl (C=O) groups is 2. The largest absolute Gasteiger partial charge is 0.481 e. The van der Waals surface area contributed by atoms with E-state index in [9.17, 15) is 9.59 Å². The summed E-state index contributed by atoms with van der Waals surface area (Å²) in [5.41, 5.74) is 0. The van der Waals surface area contributed by atoms with Crippen molar-refractivity contribution in [2.45, 2.75) is 65.0 Å². The van der Waals surface area contributed by atoms with Crippen LogP contribution in [-0.4, -0.2) is 29.2 Å². The van der Waals surface area contributed by atoms with E-state index in [1.165, 1.54) is 0 Å². The van der Waals surface area contributed by atoms with Crippen molar-refractivity contribution in [1.82, 2.24) is 10.6 Å². The zero-order chi connectivity index (χ0) is 13.3. The standard InChI is InChI=1S/C12H24N2O3/c1-4-6-7-9(3)13-12(17)14-10(5-2)8-11(15)16/h9-10H,4-8H2,1-3H3,(H,15,16)(H2,13,14,17). The van der Waals surface area contributed by atoms with E-state index in [1.54, 1.807) is 0 Å². The Balaban J connectivity index is 3.93. The number of hydrogen-bond acceptors (Lipinski definition) is 2. The Bertz CT molecular complexity index is 244. The van der Waals surface area contributed by atoms with E-state index in [-0.39, 0.29) is 24.5 Å². The summed E-state index contributed by atoms with van der Waals surface area (Å²) in [6.45, 7) is 5.91. The van der Waals surface area contributed by atoms with Gasteiger partial charge in [0.15, 0.2) is 0 Å². The van der Waals surface area contributed by atoms with Crippen molar-refractivity contribution in [2.75, 3.05) is 0 Å². The van der Waals surface area contributed by atoms with Gasteiger partial charge >= 0.3 is 12.0 Å². The minimum absolute atomic E-state index is 0.0345. The highest BCUT2D eigenvalue weighted by Gasteiger charge is 2.14. The van der Waals surface area contributed by atoms with Gasteiger partial charge < -0.3 is 15.7 Å². The van der Waals surface area contributed by atoms with Gasteiger partial charge in [0.05, 0.1) is 6.42 Å². The summed E-state index contributed by atoms with van der Waals surface area (Å²) in [5.74, 6) is -0.892. The molecule has 0 bridgehead atoms. The second kappa shape index (κ2) is 8.84. The van der Waals surface area contributed by atoms with Crippen molar-refractivity contribution < 1.29 is 14.7 Å². The van der Waals surface area contributed by atoms with Gasteiger partial charge in [0.25, 0.3) is 0 Å². The van der Waals surface area contributed by atoms with Crippen LogP contribution in [0.25, 0.3) is 0 Å². The average molecular weight is 244 g/mol. The summed E-state index contributed by atoms with van der Waals surface area (Å²) in [4.78, 5) is 22.1. The lowest BCUT2D eigenvalue weighted by Gasteiger charge is -2.18. The number of hydrogen-bond donors (Lipinski definition) is 3. The number of amides is 2. The molecule has 0 rings (SSSR count). The van der Waals surface area contributed by atoms with Crippen molar-refractivity contribution in [3.63, 3.8) is 0 Å². The van der Waals surface area contributed by atoms with Crippen molar-refractivity contribution in [1.29, 1.82) is 0 Å². The lowest BCUT2D eigenvalue weighted by atomic mass is 10.1. The number of urea groups is 1. The molecule has 5 nitrogen and oxygen atoms in total. The van der Waals surface area contributed by atoms with E-state index < -0.39 is 5.97 Å². The molecule has 0 fully saturated rings. The van der Waals surface area contributed by atoms with Crippen molar-refractivity contribution in [2.24, 2.45) is 0 Å². The third kappa shape index (κ3) is 8.54. The van der Waals surface area contributed by atoms with Gasteiger partial charge in [-0.25, -0.2) is 4.79 Å². The normalized spacial score (nSPS) is 13.8. The highest BCUT2D eigenvalue weighted by molar-refractivity contribution is 5.75. The summed E-state index contributed by atoms with van der Waals surface area (Å²) in [6, 6.07) is -0.454. The van der Waals surface area contributed by atoms with Crippen LogP contribution >= 0.6 is 0 Å². The van der Waals surface area contributed by atoms with E-state index in [4.69, 9.17) is 5.11 Å². The quantitative estimate of drug-likeness (QED) is 0.612. The van der Waals surface area contributed by atoms with Gasteiger partial charge in [0, 0.05) is 12.1 Å². The fourth-order valence-electron chi connectivity index (χ4n) is 1.54. The lowest BCUT2D eigenvalue weighted by Crippen LogP contribution is -2.45. The zero-order valence-electron chi connectivity index (χ0n) is 11.0. The molecule has 0 heterocycles. The Morgan fingerprint density at radius 1 is 1.24 bits per heavy atom. The lowest BCUT2D eigenvalue weighted by molar-refractivity contribution is -0.137. The van der Waals surface area contributed by atoms with Gasteiger partial charge in [-0.1, -0.05) is 26.7 Å². The maximum atomic E-state index is 11.6. The van der Waals surface area contributed by atoms with Gasteiger partial charge in [-0.3, -0.25) is 4.79 Å². The van der Waals surface area contributed by atoms with Crippen LogP contribution in [0.4, 0.5) is 4.79 Å². The predicted octanol–water partition coefficient (Wildman–Crippen LogP) is 2.12. The van der Waals surface area contributed by atoms with Gasteiger partial charge in [-0.15, -0.1) is 0 Å². The van der Waals surface area contributed by atoms with Crippen LogP contribution in [0.2, 0.25) is 0 Å². The minimum atomic E-state index is -0.892. The molecule has 2 atom stereocenters. The third-order valence-corrected chi connectivity index (χ3v) is 2.62. The molecule has 100 valence electrons. The number of carboxylic acids is 1. The Morgan fingerprint density at radius 2 is 1.88 bits per heavy atom. The smallest absolute Gasteiger partial charge is 0.315 e. The molecule has 2 unspecified atom stereocenters. The number of carbonyl (C=O) groups excluding carboxylic acids is 1. The van der Waals surface area contributed by atoms with Crippen LogP contribution in [0.5, 0.6) is 0 Å². The molecule has 0 aliphatic carbocycles.